The number of hydrogen-bond donors (Lipinski definition) is 1. The third kappa shape index (κ3) is 3.50. The summed E-state index contributed by atoms with van der Waals surface area (Å²) in [6.07, 6.45) is 0.206. The molecular formula is C18H16N2O5. The van der Waals surface area contributed by atoms with Crippen LogP contribution in [0, 0.1) is 10.1 Å². The first kappa shape index (κ1) is 16.6. The van der Waals surface area contributed by atoms with Crippen molar-refractivity contribution in [2.24, 2.45) is 0 Å². The highest BCUT2D eigenvalue weighted by molar-refractivity contribution is 6.00. The molecule has 0 fully saturated rings. The molecule has 1 amide bonds. The van der Waals surface area contributed by atoms with Crippen molar-refractivity contribution in [3.63, 3.8) is 0 Å². The summed E-state index contributed by atoms with van der Waals surface area (Å²) in [6.45, 7) is 2.02. The zero-order chi connectivity index (χ0) is 18.0. The number of anilines is 1. The molecule has 1 atom stereocenters. The number of ether oxygens (including phenoxy) is 1. The van der Waals surface area contributed by atoms with Crippen LogP contribution in [0.3, 0.4) is 0 Å². The molecule has 25 heavy (non-hydrogen) atoms. The van der Waals surface area contributed by atoms with E-state index in [1.165, 1.54) is 24.3 Å². The van der Waals surface area contributed by atoms with Gasteiger partial charge in [-0.15, -0.1) is 0 Å². The average molecular weight is 340 g/mol. The number of amides is 1. The fraction of sp³-hybridized carbons (Fsp3) is 0.222. The predicted molar refractivity (Wildman–Crippen MR) is 90.5 cm³/mol. The fourth-order valence-electron chi connectivity index (χ4n) is 2.70. The molecule has 1 aliphatic rings. The van der Waals surface area contributed by atoms with Crippen molar-refractivity contribution in [2.45, 2.75) is 25.9 Å². The van der Waals surface area contributed by atoms with Crippen molar-refractivity contribution in [1.29, 1.82) is 0 Å². The Morgan fingerprint density at radius 3 is 2.64 bits per heavy atom. The lowest BCUT2D eigenvalue weighted by Crippen LogP contribution is -2.38. The number of fused-ring (bicyclic) bond motifs is 1. The Labute approximate surface area is 143 Å². The van der Waals surface area contributed by atoms with Gasteiger partial charge in [0.25, 0.3) is 11.6 Å². The Kier molecular flexibility index (Phi) is 4.47. The van der Waals surface area contributed by atoms with Crippen LogP contribution in [0.1, 0.15) is 28.4 Å². The van der Waals surface area contributed by atoms with Gasteiger partial charge < -0.3 is 10.1 Å². The smallest absolute Gasteiger partial charge is 0.339 e. The molecule has 0 saturated carbocycles. The summed E-state index contributed by atoms with van der Waals surface area (Å²) in [7, 11) is 0. The molecule has 7 nitrogen and oxygen atoms in total. The predicted octanol–water partition coefficient (Wildman–Crippen LogP) is 2.88. The zero-order valence-corrected chi connectivity index (χ0v) is 13.5. The maximum atomic E-state index is 12.4. The number of nitro groups is 1. The van der Waals surface area contributed by atoms with Gasteiger partial charge in [0.15, 0.2) is 6.10 Å². The summed E-state index contributed by atoms with van der Waals surface area (Å²) in [5.74, 6) is -0.984. The number of carbonyl (C=O) groups excluding carboxylic acids is 2. The van der Waals surface area contributed by atoms with E-state index in [0.29, 0.717) is 17.7 Å². The summed E-state index contributed by atoms with van der Waals surface area (Å²) < 4.78 is 5.22. The van der Waals surface area contributed by atoms with Gasteiger partial charge in [0.05, 0.1) is 10.5 Å². The maximum absolute atomic E-state index is 12.4. The van der Waals surface area contributed by atoms with Gasteiger partial charge in [0, 0.05) is 24.2 Å². The van der Waals surface area contributed by atoms with Crippen LogP contribution in [0.4, 0.5) is 11.4 Å². The Morgan fingerprint density at radius 1 is 1.28 bits per heavy atom. The normalized spacial score (nSPS) is 15.9. The lowest BCUT2D eigenvalue weighted by molar-refractivity contribution is -0.384. The van der Waals surface area contributed by atoms with E-state index in [2.05, 4.69) is 5.32 Å². The SMILES string of the molecule is CCc1ccc2c(c1)CC(C(=O)Nc1ccc([N+](=O)[O-])cc1)OC2=O. The average Bonchev–Trinajstić information content (AvgIpc) is 2.61. The van der Waals surface area contributed by atoms with Crippen LogP contribution in [0.5, 0.6) is 0 Å². The van der Waals surface area contributed by atoms with E-state index >= 15 is 0 Å². The molecule has 128 valence electrons. The molecule has 2 aromatic carbocycles. The van der Waals surface area contributed by atoms with Gasteiger partial charge in [0.1, 0.15) is 0 Å². The molecular weight excluding hydrogens is 324 g/mol. The molecule has 0 aromatic heterocycles. The zero-order valence-electron chi connectivity index (χ0n) is 13.5. The van der Waals surface area contributed by atoms with E-state index in [9.17, 15) is 19.7 Å². The van der Waals surface area contributed by atoms with E-state index in [4.69, 9.17) is 4.74 Å². The molecule has 3 rings (SSSR count). The minimum Gasteiger partial charge on any atom is -0.448 e. The number of esters is 1. The molecule has 7 heteroatoms. The van der Waals surface area contributed by atoms with Crippen molar-refractivity contribution >= 4 is 23.3 Å². The Balaban J connectivity index is 1.74. The summed E-state index contributed by atoms with van der Waals surface area (Å²) in [5.41, 5.74) is 2.70. The molecule has 0 spiro atoms. The third-order valence-corrected chi connectivity index (χ3v) is 4.09. The van der Waals surface area contributed by atoms with Gasteiger partial charge in [0.2, 0.25) is 0 Å². The monoisotopic (exact) mass is 340 g/mol. The number of non-ortho nitro benzene ring substituents is 1. The van der Waals surface area contributed by atoms with Crippen molar-refractivity contribution < 1.29 is 19.2 Å². The van der Waals surface area contributed by atoms with Crippen LogP contribution in [-0.2, 0) is 22.4 Å². The summed E-state index contributed by atoms with van der Waals surface area (Å²) in [4.78, 5) is 34.6. The van der Waals surface area contributed by atoms with Crippen LogP contribution in [0.2, 0.25) is 0 Å². The Morgan fingerprint density at radius 2 is 2.00 bits per heavy atom. The van der Waals surface area contributed by atoms with Crippen molar-refractivity contribution in [1.82, 2.24) is 0 Å². The molecule has 1 unspecified atom stereocenters. The first-order chi connectivity index (χ1) is 12.0. The number of cyclic esters (lactones) is 1. The second kappa shape index (κ2) is 6.72. The van der Waals surface area contributed by atoms with Gasteiger partial charge in [-0.05, 0) is 35.7 Å². The first-order valence-electron chi connectivity index (χ1n) is 7.86. The number of carbonyl (C=O) groups is 2. The number of nitrogens with zero attached hydrogens (tertiary/aromatic N) is 1. The molecule has 0 aliphatic carbocycles. The highest BCUT2D eigenvalue weighted by atomic mass is 16.6. The standard InChI is InChI=1S/C18H16N2O5/c1-2-11-3-8-15-12(9-11)10-16(25-18(15)22)17(21)19-13-4-6-14(7-5-13)20(23)24/h3-9,16H,2,10H2,1H3,(H,19,21). The topological polar surface area (TPSA) is 98.5 Å². The largest absolute Gasteiger partial charge is 0.448 e. The second-order valence-electron chi connectivity index (χ2n) is 5.74. The number of rotatable bonds is 4. The highest BCUT2D eigenvalue weighted by Gasteiger charge is 2.31. The van der Waals surface area contributed by atoms with E-state index in [-0.39, 0.29) is 5.69 Å². The van der Waals surface area contributed by atoms with Crippen LogP contribution >= 0.6 is 0 Å². The summed E-state index contributed by atoms with van der Waals surface area (Å²) in [6, 6.07) is 11.0. The molecule has 1 heterocycles. The molecule has 2 aromatic rings. The van der Waals surface area contributed by atoms with Crippen LogP contribution in [0.25, 0.3) is 0 Å². The molecule has 0 radical (unpaired) electrons. The second-order valence-corrected chi connectivity index (χ2v) is 5.74. The molecule has 0 saturated heterocycles. The molecule has 1 aliphatic heterocycles. The number of nitro benzene ring substituents is 1. The minimum atomic E-state index is -0.928. The molecule has 1 N–H and O–H groups in total. The van der Waals surface area contributed by atoms with Crippen LogP contribution in [-0.4, -0.2) is 22.9 Å². The first-order valence-corrected chi connectivity index (χ1v) is 7.86. The van der Waals surface area contributed by atoms with Gasteiger partial charge >= 0.3 is 5.97 Å². The van der Waals surface area contributed by atoms with Gasteiger partial charge in [-0.25, -0.2) is 4.79 Å². The molecule has 0 bridgehead atoms. The maximum Gasteiger partial charge on any atom is 0.339 e. The Hall–Kier alpha value is -3.22. The lowest BCUT2D eigenvalue weighted by Gasteiger charge is -2.24. The summed E-state index contributed by atoms with van der Waals surface area (Å²) in [5, 5.41) is 13.3. The van der Waals surface area contributed by atoms with Crippen molar-refractivity contribution in [3.8, 4) is 0 Å². The van der Waals surface area contributed by atoms with Gasteiger partial charge in [-0.3, -0.25) is 14.9 Å². The van der Waals surface area contributed by atoms with Gasteiger partial charge in [-0.2, -0.15) is 0 Å². The summed E-state index contributed by atoms with van der Waals surface area (Å²) >= 11 is 0. The van der Waals surface area contributed by atoms with Crippen molar-refractivity contribution in [3.05, 3.63) is 69.3 Å². The quantitative estimate of drug-likeness (QED) is 0.524. The van der Waals surface area contributed by atoms with E-state index in [1.807, 2.05) is 19.1 Å². The number of aryl methyl sites for hydroxylation is 1. The highest BCUT2D eigenvalue weighted by Crippen LogP contribution is 2.24. The van der Waals surface area contributed by atoms with Gasteiger partial charge in [-0.1, -0.05) is 19.1 Å². The lowest BCUT2D eigenvalue weighted by atomic mass is 9.95. The number of nitrogens with one attached hydrogen (secondary N) is 1. The number of hydrogen-bond acceptors (Lipinski definition) is 5. The minimum absolute atomic E-state index is 0.0666. The fourth-order valence-corrected chi connectivity index (χ4v) is 2.70. The Bertz CT molecular complexity index is 845. The van der Waals surface area contributed by atoms with Crippen LogP contribution in [0.15, 0.2) is 42.5 Å². The van der Waals surface area contributed by atoms with E-state index in [0.717, 1.165) is 17.5 Å². The third-order valence-electron chi connectivity index (χ3n) is 4.09. The van der Waals surface area contributed by atoms with E-state index < -0.39 is 22.9 Å². The van der Waals surface area contributed by atoms with Crippen molar-refractivity contribution in [2.75, 3.05) is 5.32 Å². The van der Waals surface area contributed by atoms with Crippen LogP contribution < -0.4 is 5.32 Å². The number of benzene rings is 2. The van der Waals surface area contributed by atoms with E-state index in [1.54, 1.807) is 6.07 Å².